The van der Waals surface area contributed by atoms with Crippen molar-refractivity contribution in [2.24, 2.45) is 5.92 Å². The van der Waals surface area contributed by atoms with E-state index in [2.05, 4.69) is 43.2 Å². The lowest BCUT2D eigenvalue weighted by molar-refractivity contribution is -0.124. The molecule has 5 N–H and O–H groups in total. The highest BCUT2D eigenvalue weighted by Crippen LogP contribution is 2.34. The number of carbonyl (C=O) groups is 3. The maximum Gasteiger partial charge on any atom is 0.290 e. The van der Waals surface area contributed by atoms with Gasteiger partial charge in [0.1, 0.15) is 0 Å². The van der Waals surface area contributed by atoms with Crippen LogP contribution in [0.2, 0.25) is 0 Å². The van der Waals surface area contributed by atoms with Crippen molar-refractivity contribution < 1.29 is 29.7 Å². The van der Waals surface area contributed by atoms with Gasteiger partial charge in [-0.2, -0.15) is 0 Å². The van der Waals surface area contributed by atoms with E-state index in [9.17, 15) is 9.90 Å². The van der Waals surface area contributed by atoms with Crippen LogP contribution in [-0.2, 0) is 14.4 Å². The molecule has 2 aliphatic heterocycles. The van der Waals surface area contributed by atoms with Gasteiger partial charge in [-0.15, -0.1) is 0 Å². The molecule has 0 aromatic heterocycles. The molecule has 0 saturated carbocycles. The van der Waals surface area contributed by atoms with Crippen molar-refractivity contribution in [2.75, 3.05) is 26.2 Å². The zero-order chi connectivity index (χ0) is 23.9. The van der Waals surface area contributed by atoms with Crippen molar-refractivity contribution in [1.29, 1.82) is 0 Å². The average Bonchev–Trinajstić information content (AvgIpc) is 2.87. The van der Waals surface area contributed by atoms with Gasteiger partial charge in [0.15, 0.2) is 0 Å². The van der Waals surface area contributed by atoms with E-state index in [0.29, 0.717) is 25.4 Å². The topological polar surface area (TPSA) is 139 Å². The molecule has 2 fully saturated rings. The summed E-state index contributed by atoms with van der Waals surface area (Å²) in [4.78, 5) is 31.4. The minimum absolute atomic E-state index is 0.0684. The van der Waals surface area contributed by atoms with E-state index in [4.69, 9.17) is 19.8 Å². The second-order valence-corrected chi connectivity index (χ2v) is 9.75. The minimum atomic E-state index is -0.469. The van der Waals surface area contributed by atoms with Gasteiger partial charge in [-0.3, -0.25) is 14.4 Å². The molecule has 2 rings (SSSR count). The van der Waals surface area contributed by atoms with Crippen LogP contribution < -0.4 is 10.6 Å². The second kappa shape index (κ2) is 15.2. The normalized spacial score (nSPS) is 21.7. The maximum atomic E-state index is 12.3. The van der Waals surface area contributed by atoms with Gasteiger partial charge in [-0.05, 0) is 72.4 Å². The smallest absolute Gasteiger partial charge is 0.290 e. The third-order valence-electron chi connectivity index (χ3n) is 5.45. The van der Waals surface area contributed by atoms with Gasteiger partial charge in [-0.25, -0.2) is 0 Å². The summed E-state index contributed by atoms with van der Waals surface area (Å²) in [6.45, 7) is 11.5. The Hall–Kier alpha value is -1.71. The first kappa shape index (κ1) is 29.3. The first-order valence-electron chi connectivity index (χ1n) is 11.1. The molecule has 2 saturated heterocycles. The molecule has 0 spiro atoms. The molecule has 0 aromatic rings. The van der Waals surface area contributed by atoms with Crippen molar-refractivity contribution in [2.45, 2.75) is 89.8 Å². The van der Waals surface area contributed by atoms with Crippen LogP contribution in [0.3, 0.4) is 0 Å². The number of β-amino-alcohol motifs (C(OH)–C–C–N with tert-alkyl or cyclic N) is 1. The van der Waals surface area contributed by atoms with Crippen LogP contribution in [0.5, 0.6) is 0 Å². The summed E-state index contributed by atoms with van der Waals surface area (Å²) in [5, 5.41) is 30.6. The van der Waals surface area contributed by atoms with E-state index >= 15 is 0 Å². The number of rotatable bonds is 6. The average molecular weight is 446 g/mol. The van der Waals surface area contributed by atoms with Crippen molar-refractivity contribution >= 4 is 18.9 Å². The lowest BCUT2D eigenvalue weighted by atomic mass is 9.74. The number of aliphatic hydroxyl groups is 1. The van der Waals surface area contributed by atoms with Gasteiger partial charge in [0.2, 0.25) is 5.91 Å². The maximum absolute atomic E-state index is 12.3. The molecule has 9 heteroatoms. The molecule has 1 amide bonds. The summed E-state index contributed by atoms with van der Waals surface area (Å²) >= 11 is 0. The summed E-state index contributed by atoms with van der Waals surface area (Å²) in [6.07, 6.45) is 7.16. The first-order chi connectivity index (χ1) is 14.5. The molecule has 2 aliphatic rings. The molecule has 0 bridgehead atoms. The van der Waals surface area contributed by atoms with Gasteiger partial charge < -0.3 is 30.9 Å². The molecule has 182 valence electrons. The molecular formula is C22H43N3O6. The van der Waals surface area contributed by atoms with Crippen molar-refractivity contribution in [3.05, 3.63) is 0 Å². The highest BCUT2D eigenvalue weighted by atomic mass is 16.3. The van der Waals surface area contributed by atoms with Crippen LogP contribution in [0.15, 0.2) is 0 Å². The number of nitrogens with zero attached hydrogens (tertiary/aromatic N) is 1. The number of piperidine rings is 1. The number of amides is 1. The van der Waals surface area contributed by atoms with Crippen LogP contribution in [0.25, 0.3) is 0 Å². The monoisotopic (exact) mass is 445 g/mol. The SMILES string of the molecule is CC1(C)CC(CC(=O)NCC(O)CN2CCCCCC2)CC(C)(C)N1.O=CO.O=CO. The third-order valence-corrected chi connectivity index (χ3v) is 5.45. The van der Waals surface area contributed by atoms with E-state index in [-0.39, 0.29) is 29.9 Å². The number of hydrogen-bond donors (Lipinski definition) is 5. The van der Waals surface area contributed by atoms with E-state index in [1.54, 1.807) is 0 Å². The zero-order valence-corrected chi connectivity index (χ0v) is 19.6. The zero-order valence-electron chi connectivity index (χ0n) is 19.6. The van der Waals surface area contributed by atoms with Crippen molar-refractivity contribution in [3.63, 3.8) is 0 Å². The Morgan fingerprint density at radius 2 is 1.48 bits per heavy atom. The molecule has 0 aliphatic carbocycles. The Balaban J connectivity index is 0.00000134. The highest BCUT2D eigenvalue weighted by Gasteiger charge is 2.38. The lowest BCUT2D eigenvalue weighted by Gasteiger charge is -2.46. The fourth-order valence-corrected chi connectivity index (χ4v) is 4.93. The number of hydrogen-bond acceptors (Lipinski definition) is 6. The Bertz CT molecular complexity index is 497. The third kappa shape index (κ3) is 14.8. The predicted octanol–water partition coefficient (Wildman–Crippen LogP) is 1.69. The fraction of sp³-hybridized carbons (Fsp3) is 0.864. The van der Waals surface area contributed by atoms with Gasteiger partial charge >= 0.3 is 0 Å². The standard InChI is InChI=1S/C20H39N3O2.2CH2O2/c1-19(2)12-16(13-20(3,4)22-19)11-18(25)21-14-17(24)15-23-9-7-5-6-8-10-23;2*2-1-3/h16-17,22,24H,5-15H2,1-4H3,(H,21,25);2*1H,(H,2,3). The number of likely N-dealkylation sites (tertiary alicyclic amines) is 1. The second-order valence-electron chi connectivity index (χ2n) is 9.75. The molecule has 0 radical (unpaired) electrons. The summed E-state index contributed by atoms with van der Waals surface area (Å²) < 4.78 is 0. The Morgan fingerprint density at radius 3 is 1.94 bits per heavy atom. The molecule has 2 heterocycles. The summed E-state index contributed by atoms with van der Waals surface area (Å²) in [5.74, 6) is 0.474. The molecular weight excluding hydrogens is 402 g/mol. The van der Waals surface area contributed by atoms with Crippen molar-refractivity contribution in [1.82, 2.24) is 15.5 Å². The molecule has 0 aromatic carbocycles. The van der Waals surface area contributed by atoms with Crippen LogP contribution >= 0.6 is 0 Å². The van der Waals surface area contributed by atoms with Gasteiger partial charge in [0, 0.05) is 30.6 Å². The summed E-state index contributed by atoms with van der Waals surface area (Å²) in [7, 11) is 0. The predicted molar refractivity (Wildman–Crippen MR) is 120 cm³/mol. The van der Waals surface area contributed by atoms with E-state index in [1.807, 2.05) is 0 Å². The minimum Gasteiger partial charge on any atom is -0.483 e. The number of carbonyl (C=O) groups excluding carboxylic acids is 1. The molecule has 1 unspecified atom stereocenters. The highest BCUT2D eigenvalue weighted by molar-refractivity contribution is 5.76. The Kier molecular flexibility index (Phi) is 14.3. The Labute approximate surface area is 186 Å². The quantitative estimate of drug-likeness (QED) is 0.389. The van der Waals surface area contributed by atoms with Gasteiger partial charge in [0.05, 0.1) is 6.10 Å². The van der Waals surface area contributed by atoms with Crippen molar-refractivity contribution in [3.8, 4) is 0 Å². The van der Waals surface area contributed by atoms with Crippen LogP contribution in [0.1, 0.15) is 72.6 Å². The first-order valence-corrected chi connectivity index (χ1v) is 11.1. The van der Waals surface area contributed by atoms with E-state index in [0.717, 1.165) is 25.9 Å². The molecule has 31 heavy (non-hydrogen) atoms. The number of nitrogens with one attached hydrogen (secondary N) is 2. The summed E-state index contributed by atoms with van der Waals surface area (Å²) in [6, 6.07) is 0. The number of aliphatic hydroxyl groups excluding tert-OH is 1. The lowest BCUT2D eigenvalue weighted by Crippen LogP contribution is -2.58. The van der Waals surface area contributed by atoms with Crippen LogP contribution in [-0.4, -0.2) is 82.4 Å². The van der Waals surface area contributed by atoms with Crippen LogP contribution in [0, 0.1) is 5.92 Å². The van der Waals surface area contributed by atoms with E-state index < -0.39 is 6.10 Å². The number of carboxylic acid groups (broad SMARTS) is 2. The van der Waals surface area contributed by atoms with Crippen LogP contribution in [0.4, 0.5) is 0 Å². The molecule has 9 nitrogen and oxygen atoms in total. The summed E-state index contributed by atoms with van der Waals surface area (Å²) in [5.41, 5.74) is 0.137. The van der Waals surface area contributed by atoms with Gasteiger partial charge in [-0.1, -0.05) is 12.8 Å². The largest absolute Gasteiger partial charge is 0.483 e. The Morgan fingerprint density at radius 1 is 1.03 bits per heavy atom. The molecule has 1 atom stereocenters. The van der Waals surface area contributed by atoms with Gasteiger partial charge in [0.25, 0.3) is 12.9 Å². The fourth-order valence-electron chi connectivity index (χ4n) is 4.93. The van der Waals surface area contributed by atoms with E-state index in [1.165, 1.54) is 25.7 Å².